The van der Waals surface area contributed by atoms with E-state index in [0.717, 1.165) is 6.42 Å². The number of nitrogens with zero attached hydrogens (tertiary/aromatic N) is 1. The number of carbonyl (C=O) groups is 2. The zero-order valence-corrected chi connectivity index (χ0v) is 20.6. The molecule has 3 rings (SSSR count). The van der Waals surface area contributed by atoms with Gasteiger partial charge in [0, 0.05) is 35.2 Å². The van der Waals surface area contributed by atoms with E-state index >= 15 is 0 Å². The number of hydrogen-bond acceptors (Lipinski definition) is 4. The second kappa shape index (κ2) is 11.3. The lowest BCUT2D eigenvalue weighted by molar-refractivity contribution is -0.120. The van der Waals surface area contributed by atoms with E-state index in [1.807, 2.05) is 6.92 Å². The van der Waals surface area contributed by atoms with E-state index in [1.165, 1.54) is 4.31 Å². The Bertz CT molecular complexity index is 1100. The van der Waals surface area contributed by atoms with Gasteiger partial charge in [-0.15, -0.1) is 0 Å². The molecule has 1 saturated heterocycles. The Morgan fingerprint density at radius 1 is 1.09 bits per heavy atom. The number of amides is 2. The molecule has 1 aliphatic heterocycles. The lowest BCUT2D eigenvalue weighted by Gasteiger charge is -2.31. The third kappa shape index (κ3) is 6.47. The van der Waals surface area contributed by atoms with Gasteiger partial charge in [0.05, 0.1) is 22.9 Å². The van der Waals surface area contributed by atoms with Crippen LogP contribution >= 0.6 is 23.2 Å². The van der Waals surface area contributed by atoms with Gasteiger partial charge in [0.2, 0.25) is 15.9 Å². The first kappa shape index (κ1) is 25.5. The van der Waals surface area contributed by atoms with Crippen molar-refractivity contribution in [2.45, 2.75) is 31.9 Å². The van der Waals surface area contributed by atoms with Gasteiger partial charge in [-0.05, 0) is 43.5 Å². The summed E-state index contributed by atoms with van der Waals surface area (Å²) in [6.07, 6.45) is 1.90. The highest BCUT2D eigenvalue weighted by Crippen LogP contribution is 2.29. The third-order valence-corrected chi connectivity index (χ3v) is 7.98. The smallest absolute Gasteiger partial charge is 0.253 e. The van der Waals surface area contributed by atoms with E-state index in [1.54, 1.807) is 42.5 Å². The van der Waals surface area contributed by atoms with Crippen molar-refractivity contribution >= 4 is 50.7 Å². The first-order valence-corrected chi connectivity index (χ1v) is 13.2. The number of para-hydroxylation sites is 1. The highest BCUT2D eigenvalue weighted by atomic mass is 35.5. The molecule has 0 unspecified atom stereocenters. The second-order valence-corrected chi connectivity index (χ2v) is 10.7. The van der Waals surface area contributed by atoms with E-state index in [2.05, 4.69) is 10.6 Å². The van der Waals surface area contributed by atoms with Crippen LogP contribution in [0.2, 0.25) is 10.0 Å². The molecule has 178 valence electrons. The Morgan fingerprint density at radius 3 is 2.48 bits per heavy atom. The average Bonchev–Trinajstić information content (AvgIpc) is 2.80. The summed E-state index contributed by atoms with van der Waals surface area (Å²) in [5.74, 6) is -1.46. The molecular formula is C23H27Cl2N3O4S. The highest BCUT2D eigenvalue weighted by Gasteiger charge is 2.33. The van der Waals surface area contributed by atoms with Crippen molar-refractivity contribution < 1.29 is 18.0 Å². The maximum Gasteiger partial charge on any atom is 0.253 e. The van der Waals surface area contributed by atoms with Crippen LogP contribution in [0.15, 0.2) is 42.5 Å². The zero-order valence-electron chi connectivity index (χ0n) is 18.3. The minimum absolute atomic E-state index is 0.0560. The number of rotatable bonds is 8. The summed E-state index contributed by atoms with van der Waals surface area (Å²) in [6, 6.07) is 11.6. The van der Waals surface area contributed by atoms with Gasteiger partial charge in [-0.2, -0.15) is 0 Å². The summed E-state index contributed by atoms with van der Waals surface area (Å²) < 4.78 is 27.4. The van der Waals surface area contributed by atoms with E-state index in [4.69, 9.17) is 23.2 Å². The van der Waals surface area contributed by atoms with Crippen LogP contribution in [-0.4, -0.2) is 44.2 Å². The SMILES string of the molecule is CCCNC(=O)c1ccccc1NC(=O)[C@@H]1CCCN(S(=O)(=O)Cc2c(Cl)cccc2Cl)C1. The molecule has 0 spiro atoms. The Balaban J connectivity index is 1.71. The Kier molecular flexibility index (Phi) is 8.75. The summed E-state index contributed by atoms with van der Waals surface area (Å²) in [7, 11) is -3.73. The predicted molar refractivity (Wildman–Crippen MR) is 131 cm³/mol. The number of benzene rings is 2. The molecule has 1 heterocycles. The van der Waals surface area contributed by atoms with Gasteiger partial charge < -0.3 is 10.6 Å². The summed E-state index contributed by atoms with van der Waals surface area (Å²) in [4.78, 5) is 25.4. The Hall–Kier alpha value is -2.13. The number of halogens is 2. The fourth-order valence-electron chi connectivity index (χ4n) is 3.71. The van der Waals surface area contributed by atoms with Crippen molar-refractivity contribution in [1.29, 1.82) is 0 Å². The monoisotopic (exact) mass is 511 g/mol. The van der Waals surface area contributed by atoms with Gasteiger partial charge in [0.1, 0.15) is 0 Å². The molecule has 0 saturated carbocycles. The molecule has 2 N–H and O–H groups in total. The maximum atomic E-state index is 13.1. The van der Waals surface area contributed by atoms with Crippen molar-refractivity contribution in [2.75, 3.05) is 25.0 Å². The van der Waals surface area contributed by atoms with Gasteiger partial charge >= 0.3 is 0 Å². The average molecular weight is 512 g/mol. The Morgan fingerprint density at radius 2 is 1.79 bits per heavy atom. The molecule has 2 aromatic rings. The summed E-state index contributed by atoms with van der Waals surface area (Å²) >= 11 is 12.3. The van der Waals surface area contributed by atoms with Gasteiger partial charge in [-0.1, -0.05) is 48.3 Å². The van der Waals surface area contributed by atoms with Gasteiger partial charge in [-0.25, -0.2) is 12.7 Å². The molecule has 0 radical (unpaired) electrons. The third-order valence-electron chi connectivity index (χ3n) is 5.50. The number of piperidine rings is 1. The predicted octanol–water partition coefficient (Wildman–Crippen LogP) is 4.31. The minimum Gasteiger partial charge on any atom is -0.352 e. The van der Waals surface area contributed by atoms with Gasteiger partial charge in [-0.3, -0.25) is 9.59 Å². The molecule has 7 nitrogen and oxygen atoms in total. The number of hydrogen-bond donors (Lipinski definition) is 2. The van der Waals surface area contributed by atoms with Crippen LogP contribution in [0.25, 0.3) is 0 Å². The van der Waals surface area contributed by atoms with Crippen LogP contribution in [0.5, 0.6) is 0 Å². The van der Waals surface area contributed by atoms with Crippen LogP contribution in [0.4, 0.5) is 5.69 Å². The first-order chi connectivity index (χ1) is 15.7. The topological polar surface area (TPSA) is 95.6 Å². The number of anilines is 1. The molecule has 2 aromatic carbocycles. The molecule has 0 bridgehead atoms. The first-order valence-electron chi connectivity index (χ1n) is 10.8. The van der Waals surface area contributed by atoms with Gasteiger partial charge in [0.15, 0.2) is 0 Å². The van der Waals surface area contributed by atoms with Crippen LogP contribution in [0.3, 0.4) is 0 Å². The van der Waals surface area contributed by atoms with E-state index in [-0.39, 0.29) is 34.2 Å². The van der Waals surface area contributed by atoms with Crippen LogP contribution in [-0.2, 0) is 20.6 Å². The molecular weight excluding hydrogens is 485 g/mol. The molecule has 1 aliphatic rings. The van der Waals surface area contributed by atoms with Crippen molar-refractivity contribution in [2.24, 2.45) is 5.92 Å². The normalized spacial score (nSPS) is 16.9. The molecule has 0 aromatic heterocycles. The molecule has 2 amide bonds. The molecule has 1 atom stereocenters. The maximum absolute atomic E-state index is 13.1. The van der Waals surface area contributed by atoms with Crippen molar-refractivity contribution in [1.82, 2.24) is 9.62 Å². The van der Waals surface area contributed by atoms with Crippen LogP contribution in [0.1, 0.15) is 42.1 Å². The molecule has 10 heteroatoms. The zero-order chi connectivity index (χ0) is 24.0. The molecule has 33 heavy (non-hydrogen) atoms. The van der Waals surface area contributed by atoms with Gasteiger partial charge in [0.25, 0.3) is 5.91 Å². The largest absolute Gasteiger partial charge is 0.352 e. The molecule has 0 aliphatic carbocycles. The van der Waals surface area contributed by atoms with Crippen molar-refractivity contribution in [3.05, 3.63) is 63.6 Å². The van der Waals surface area contributed by atoms with E-state index in [0.29, 0.717) is 42.7 Å². The minimum atomic E-state index is -3.73. The fraction of sp³-hybridized carbons (Fsp3) is 0.391. The van der Waals surface area contributed by atoms with Crippen molar-refractivity contribution in [3.8, 4) is 0 Å². The number of sulfonamides is 1. The Labute approximate surface area is 204 Å². The molecule has 1 fully saturated rings. The highest BCUT2D eigenvalue weighted by molar-refractivity contribution is 7.88. The number of carbonyl (C=O) groups excluding carboxylic acids is 2. The van der Waals surface area contributed by atoms with E-state index in [9.17, 15) is 18.0 Å². The summed E-state index contributed by atoms with van der Waals surface area (Å²) in [5, 5.41) is 6.19. The van der Waals surface area contributed by atoms with Crippen LogP contribution < -0.4 is 10.6 Å². The lowest BCUT2D eigenvalue weighted by atomic mass is 9.98. The lowest BCUT2D eigenvalue weighted by Crippen LogP contribution is -2.44. The fourth-order valence-corrected chi connectivity index (χ4v) is 6.07. The van der Waals surface area contributed by atoms with E-state index < -0.39 is 15.9 Å². The second-order valence-electron chi connectivity index (χ2n) is 7.94. The quantitative estimate of drug-likeness (QED) is 0.551. The number of nitrogens with one attached hydrogen (secondary N) is 2. The van der Waals surface area contributed by atoms with Crippen LogP contribution in [0, 0.1) is 5.92 Å². The van der Waals surface area contributed by atoms with Crippen molar-refractivity contribution in [3.63, 3.8) is 0 Å². The summed E-state index contributed by atoms with van der Waals surface area (Å²) in [6.45, 7) is 2.87. The standard InChI is InChI=1S/C23H27Cl2N3O4S/c1-2-12-26-23(30)17-8-3-4-11-21(17)27-22(29)16-7-6-13-28(14-16)33(31,32)15-18-19(24)9-5-10-20(18)25/h3-5,8-11,16H,2,6-7,12-15H2,1H3,(H,26,30)(H,27,29)/t16-/m1/s1. The summed E-state index contributed by atoms with van der Waals surface area (Å²) in [5.41, 5.74) is 1.12.